The van der Waals surface area contributed by atoms with Crippen LogP contribution in [0.2, 0.25) is 16.6 Å². The molecule has 3 saturated heterocycles. The lowest BCUT2D eigenvalue weighted by molar-refractivity contribution is 0.000904. The predicted octanol–water partition coefficient (Wildman–Crippen LogP) is 13.1. The Hall–Kier alpha value is -5.41. The summed E-state index contributed by atoms with van der Waals surface area (Å²) in [5.74, 6) is -0.311. The number of rotatable bonds is 10. The van der Waals surface area contributed by atoms with E-state index in [-0.39, 0.29) is 92.5 Å². The fraction of sp³-hybridized carbons (Fsp3) is 0.638. The third-order valence-electron chi connectivity index (χ3n) is 17.4. The van der Waals surface area contributed by atoms with Gasteiger partial charge in [0.05, 0.1) is 30.3 Å². The predicted molar refractivity (Wildman–Crippen MR) is 289 cm³/mol. The number of fused-ring (bicyclic) bond motifs is 6. The van der Waals surface area contributed by atoms with E-state index in [4.69, 9.17) is 33.9 Å². The minimum Gasteiger partial charge on any atom is -0.472 e. The number of piperazine rings is 1. The minimum absolute atomic E-state index is 0.0326. The number of pyridine rings is 1. The van der Waals surface area contributed by atoms with Crippen LogP contribution in [0.3, 0.4) is 0 Å². The molecule has 0 radical (unpaired) electrons. The van der Waals surface area contributed by atoms with Gasteiger partial charge in [0, 0.05) is 47.0 Å². The number of aromatic nitrogens is 3. The molecule has 2 saturated carbocycles. The lowest BCUT2D eigenvalue weighted by Crippen LogP contribution is -2.65. The zero-order chi connectivity index (χ0) is 54.8. The molecule has 2 amide bonds. The summed E-state index contributed by atoms with van der Waals surface area (Å²) < 4.78 is 89.1. The topological polar surface area (TPSA) is 131 Å². The van der Waals surface area contributed by atoms with Gasteiger partial charge in [0.1, 0.15) is 53.6 Å². The summed E-state index contributed by atoms with van der Waals surface area (Å²) in [6.45, 7) is 28.1. The number of carbonyl (C=O) groups is 2. The number of anilines is 2. The largest absolute Gasteiger partial charge is 0.472 e. The third-order valence-corrected chi connectivity index (χ3v) is 23.7. The van der Waals surface area contributed by atoms with Crippen LogP contribution in [-0.4, -0.2) is 119 Å². The van der Waals surface area contributed by atoms with Gasteiger partial charge in [0.2, 0.25) is 5.88 Å². The van der Waals surface area contributed by atoms with Crippen LogP contribution < -0.4 is 19.7 Å². The van der Waals surface area contributed by atoms with Crippen molar-refractivity contribution < 1.29 is 46.1 Å². The van der Waals surface area contributed by atoms with Gasteiger partial charge in [0.25, 0.3) is 5.92 Å². The number of hydrogen-bond donors (Lipinski definition) is 1. The van der Waals surface area contributed by atoms with E-state index in [2.05, 4.69) is 68.1 Å². The summed E-state index contributed by atoms with van der Waals surface area (Å²) in [5, 5.41) is 3.80. The van der Waals surface area contributed by atoms with Crippen molar-refractivity contribution in [3.05, 3.63) is 41.5 Å². The van der Waals surface area contributed by atoms with E-state index < -0.39 is 66.6 Å². The first-order chi connectivity index (χ1) is 35.5. The van der Waals surface area contributed by atoms with Gasteiger partial charge >= 0.3 is 18.2 Å². The van der Waals surface area contributed by atoms with Crippen LogP contribution in [-0.2, 0) is 9.47 Å². The van der Waals surface area contributed by atoms with Gasteiger partial charge in [-0.3, -0.25) is 10.2 Å². The maximum atomic E-state index is 18.5. The monoisotopic (exact) mass is 1070 g/mol. The Balaban J connectivity index is 1.13. The Kier molecular flexibility index (Phi) is 13.4. The summed E-state index contributed by atoms with van der Waals surface area (Å²) >= 11 is 0. The number of halogens is 4. The summed E-state index contributed by atoms with van der Waals surface area (Å²) in [7, 11) is -2.45. The van der Waals surface area contributed by atoms with Crippen LogP contribution >= 0.6 is 0 Å². The van der Waals surface area contributed by atoms with Crippen molar-refractivity contribution in [2.45, 2.75) is 193 Å². The normalized spacial score (nSPS) is 23.3. The van der Waals surface area contributed by atoms with Crippen LogP contribution in [0.1, 0.15) is 141 Å². The number of alkyl halides is 2. The number of nitrogens with one attached hydrogen (secondary N) is 1. The Morgan fingerprint density at radius 3 is 2.16 bits per heavy atom. The smallest absolute Gasteiger partial charge is 0.412 e. The molecule has 1 N–H and O–H groups in total. The zero-order valence-corrected chi connectivity index (χ0v) is 47.5. The van der Waals surface area contributed by atoms with Crippen molar-refractivity contribution in [2.75, 3.05) is 43.0 Å². The van der Waals surface area contributed by atoms with Gasteiger partial charge < -0.3 is 28.7 Å². The fourth-order valence-electron chi connectivity index (χ4n) is 13.4. The van der Waals surface area contributed by atoms with Gasteiger partial charge in [-0.2, -0.15) is 9.97 Å². The molecule has 1 spiro atoms. The summed E-state index contributed by atoms with van der Waals surface area (Å²) in [5.41, 5.74) is 1.76. The number of carbonyl (C=O) groups excluding carboxylic acids is 2. The number of nitrogens with zero attached hydrogens (tertiary/aromatic N) is 6. The SMILES string of the molecule is CC(C)[Si](C#Cc1c(F)ccc2cc(NC(=O)OC(C)(C)C)cc(-c3nc4c5c(nc(OCC6(CN7CCC8(CC7)CC8(F)F)CC6)nc5c3F)N3C[C@H]5CC[C@@H]([C@H]3[C@H](C)O4)N5C(=O)OC(C)(C)C)c12)(C(C)C)C(C)C. The molecule has 76 heavy (non-hydrogen) atoms. The standard InChI is InChI=1S/C58H75F4N7O6Si/c1-32(2)76(33(3)4,34(5)6)25-18-39-41(59)16-14-36-26-37(63-52(70)74-54(8,9)10)27-40(43(36)39)46-45(60)47-44-49(66-51(65-47)72-31-56(19-20-56)30-67-23-21-57(22-24-67)29-58(57,61)62)68-28-38-15-17-42(48(68)35(7)73-50(44)64-46)69(38)53(71)75-55(11,12)13/h14,16,26-27,32-35,38,42,48H,15,17,19-24,28-31H2,1-13H3,(H,63,70)/t35-,38+,42-,48+/m0/s1. The molecule has 2 aliphatic carbocycles. The average Bonchev–Trinajstić information content (AvgIpc) is 4.17. The number of likely N-dealkylation sites (tertiary alicyclic amines) is 1. The first kappa shape index (κ1) is 54.0. The molecule has 410 valence electrons. The molecule has 2 aromatic carbocycles. The number of hydrogen-bond acceptors (Lipinski definition) is 11. The highest BCUT2D eigenvalue weighted by Gasteiger charge is 2.70. The Morgan fingerprint density at radius 1 is 0.895 bits per heavy atom. The van der Waals surface area contributed by atoms with E-state index in [0.29, 0.717) is 68.5 Å². The molecule has 0 unspecified atom stereocenters. The fourth-order valence-corrected chi connectivity index (χ4v) is 18.6. The highest BCUT2D eigenvalue weighted by atomic mass is 28.3. The average molecular weight is 1070 g/mol. The first-order valence-corrected chi connectivity index (χ1v) is 29.7. The number of piperidine rings is 1. The van der Waals surface area contributed by atoms with Gasteiger partial charge in [-0.1, -0.05) is 53.5 Å². The number of benzene rings is 2. The summed E-state index contributed by atoms with van der Waals surface area (Å²) in [6, 6.07) is 4.99. The van der Waals surface area contributed by atoms with Crippen molar-refractivity contribution in [1.82, 2.24) is 24.8 Å². The minimum atomic E-state index is -2.58. The lowest BCUT2D eigenvalue weighted by Gasteiger charge is -2.48. The molecule has 18 heteroatoms. The van der Waals surface area contributed by atoms with E-state index in [1.807, 2.05) is 32.6 Å². The molecule has 10 rings (SSSR count). The van der Waals surface area contributed by atoms with Crippen LogP contribution in [0.25, 0.3) is 32.9 Å². The van der Waals surface area contributed by atoms with Gasteiger partial charge in [-0.25, -0.2) is 32.1 Å². The van der Waals surface area contributed by atoms with E-state index in [1.54, 1.807) is 39.0 Å². The second-order valence-electron chi connectivity index (χ2n) is 25.8. The summed E-state index contributed by atoms with van der Waals surface area (Å²) in [6.07, 6.45) is 2.16. The highest BCUT2D eigenvalue weighted by Crippen LogP contribution is 2.66. The maximum Gasteiger partial charge on any atom is 0.412 e. The van der Waals surface area contributed by atoms with E-state index >= 15 is 8.78 Å². The zero-order valence-electron chi connectivity index (χ0n) is 46.5. The van der Waals surface area contributed by atoms with Gasteiger partial charge in [-0.05, 0) is 140 Å². The molecule has 6 heterocycles. The van der Waals surface area contributed by atoms with Crippen molar-refractivity contribution in [1.29, 1.82) is 0 Å². The van der Waals surface area contributed by atoms with Crippen molar-refractivity contribution in [3.8, 4) is 34.6 Å². The van der Waals surface area contributed by atoms with Crippen LogP contribution in [0, 0.1) is 33.9 Å². The first-order valence-electron chi connectivity index (χ1n) is 27.4. The third kappa shape index (κ3) is 9.71. The Morgan fingerprint density at radius 2 is 1.55 bits per heavy atom. The van der Waals surface area contributed by atoms with E-state index in [9.17, 15) is 18.4 Å². The van der Waals surface area contributed by atoms with Gasteiger partial charge in [0.15, 0.2) is 5.82 Å². The second kappa shape index (κ2) is 18.9. The molecule has 4 aliphatic heterocycles. The van der Waals surface area contributed by atoms with Crippen LogP contribution in [0.5, 0.6) is 11.9 Å². The Labute approximate surface area is 445 Å². The molecular weight excluding hydrogens is 995 g/mol. The van der Waals surface area contributed by atoms with Crippen molar-refractivity contribution >= 4 is 53.4 Å². The molecule has 5 fully saturated rings. The molecule has 6 aliphatic rings. The van der Waals surface area contributed by atoms with Crippen molar-refractivity contribution in [2.24, 2.45) is 10.8 Å². The van der Waals surface area contributed by atoms with Crippen LogP contribution in [0.4, 0.5) is 38.7 Å². The number of amides is 2. The number of ether oxygens (including phenoxy) is 4. The second-order valence-corrected chi connectivity index (χ2v) is 31.4. The maximum absolute atomic E-state index is 18.5. The van der Waals surface area contributed by atoms with Gasteiger partial charge in [-0.15, -0.1) is 5.54 Å². The molecule has 2 aromatic heterocycles. The molecule has 4 aromatic rings. The molecular formula is C58H75F4N7O6Si. The highest BCUT2D eigenvalue weighted by molar-refractivity contribution is 6.90. The Bertz CT molecular complexity index is 3020. The quantitative estimate of drug-likeness (QED) is 0.0925. The lowest BCUT2D eigenvalue weighted by atomic mass is 9.92. The summed E-state index contributed by atoms with van der Waals surface area (Å²) in [4.78, 5) is 48.6. The van der Waals surface area contributed by atoms with Crippen LogP contribution in [0.15, 0.2) is 24.3 Å². The molecule has 4 atom stereocenters. The van der Waals surface area contributed by atoms with Crippen molar-refractivity contribution in [3.63, 3.8) is 0 Å². The molecule has 2 bridgehead atoms. The van der Waals surface area contributed by atoms with E-state index in [1.165, 1.54) is 6.07 Å². The van der Waals surface area contributed by atoms with E-state index in [0.717, 1.165) is 12.8 Å². The molecule has 13 nitrogen and oxygen atoms in total.